The van der Waals surface area contributed by atoms with Crippen molar-refractivity contribution >= 4 is 11.8 Å². The lowest BCUT2D eigenvalue weighted by atomic mass is 9.80. The van der Waals surface area contributed by atoms with Gasteiger partial charge in [0.1, 0.15) is 0 Å². The van der Waals surface area contributed by atoms with Crippen molar-refractivity contribution in [3.63, 3.8) is 0 Å². The van der Waals surface area contributed by atoms with Crippen LogP contribution in [-0.2, 0) is 4.79 Å². The van der Waals surface area contributed by atoms with Crippen molar-refractivity contribution in [2.24, 2.45) is 0 Å². The van der Waals surface area contributed by atoms with Gasteiger partial charge in [0, 0.05) is 32.1 Å². The van der Waals surface area contributed by atoms with Crippen molar-refractivity contribution in [3.05, 3.63) is 34.9 Å². The van der Waals surface area contributed by atoms with Gasteiger partial charge in [-0.3, -0.25) is 9.59 Å². The molecular weight excluding hydrogens is 288 g/mol. The Morgan fingerprint density at radius 3 is 2.61 bits per heavy atom. The molecule has 124 valence electrons. The molecule has 2 aliphatic rings. The molecule has 2 amide bonds. The number of benzene rings is 1. The van der Waals surface area contributed by atoms with E-state index in [1.165, 1.54) is 5.56 Å². The number of carbonyl (C=O) groups is 2. The highest BCUT2D eigenvalue weighted by molar-refractivity contribution is 5.94. The SMILES string of the molecule is Cc1ccc(C(=O)N2CCCC3(CCCC(=O)N3C)C2)cc1C. The quantitative estimate of drug-likeness (QED) is 0.799. The van der Waals surface area contributed by atoms with E-state index in [9.17, 15) is 9.59 Å². The van der Waals surface area contributed by atoms with E-state index < -0.39 is 0 Å². The van der Waals surface area contributed by atoms with Gasteiger partial charge < -0.3 is 9.80 Å². The predicted molar refractivity (Wildman–Crippen MR) is 90.4 cm³/mol. The minimum Gasteiger partial charge on any atom is -0.338 e. The Kier molecular flexibility index (Phi) is 4.17. The number of likely N-dealkylation sites (N-methyl/N-ethyl adjacent to an activating group) is 1. The first-order valence-electron chi connectivity index (χ1n) is 8.56. The van der Waals surface area contributed by atoms with Crippen molar-refractivity contribution in [2.75, 3.05) is 20.1 Å². The van der Waals surface area contributed by atoms with Gasteiger partial charge in [0.2, 0.25) is 5.91 Å². The first-order chi connectivity index (χ1) is 10.9. The van der Waals surface area contributed by atoms with Crippen molar-refractivity contribution in [1.29, 1.82) is 0 Å². The van der Waals surface area contributed by atoms with E-state index >= 15 is 0 Å². The number of hydrogen-bond donors (Lipinski definition) is 0. The number of amides is 2. The highest BCUT2D eigenvalue weighted by Gasteiger charge is 2.44. The van der Waals surface area contributed by atoms with Crippen LogP contribution in [0.3, 0.4) is 0 Å². The van der Waals surface area contributed by atoms with E-state index in [0.717, 1.165) is 43.4 Å². The molecule has 4 heteroatoms. The van der Waals surface area contributed by atoms with Gasteiger partial charge in [-0.25, -0.2) is 0 Å². The van der Waals surface area contributed by atoms with Gasteiger partial charge in [-0.1, -0.05) is 6.07 Å². The molecule has 3 rings (SSSR count). The Balaban J connectivity index is 1.81. The smallest absolute Gasteiger partial charge is 0.253 e. The average molecular weight is 314 g/mol. The van der Waals surface area contributed by atoms with Crippen LogP contribution in [0.15, 0.2) is 18.2 Å². The molecule has 23 heavy (non-hydrogen) atoms. The highest BCUT2D eigenvalue weighted by atomic mass is 16.2. The summed E-state index contributed by atoms with van der Waals surface area (Å²) in [5, 5.41) is 0. The molecule has 4 nitrogen and oxygen atoms in total. The monoisotopic (exact) mass is 314 g/mol. The van der Waals surface area contributed by atoms with Crippen LogP contribution in [0, 0.1) is 13.8 Å². The van der Waals surface area contributed by atoms with Crippen molar-refractivity contribution in [2.45, 2.75) is 51.5 Å². The molecule has 0 aliphatic carbocycles. The zero-order chi connectivity index (χ0) is 16.6. The zero-order valence-corrected chi connectivity index (χ0v) is 14.4. The topological polar surface area (TPSA) is 40.6 Å². The van der Waals surface area contributed by atoms with Crippen LogP contribution in [-0.4, -0.2) is 47.3 Å². The summed E-state index contributed by atoms with van der Waals surface area (Å²) in [6.45, 7) is 5.55. The fraction of sp³-hybridized carbons (Fsp3) is 0.579. The van der Waals surface area contributed by atoms with Crippen LogP contribution in [0.5, 0.6) is 0 Å². The lowest BCUT2D eigenvalue weighted by Crippen LogP contribution is -2.61. The third-order valence-electron chi connectivity index (χ3n) is 5.71. The maximum atomic E-state index is 12.9. The van der Waals surface area contributed by atoms with Crippen LogP contribution in [0.25, 0.3) is 0 Å². The molecule has 0 N–H and O–H groups in total. The van der Waals surface area contributed by atoms with Crippen molar-refractivity contribution in [1.82, 2.24) is 9.80 Å². The van der Waals surface area contributed by atoms with E-state index in [1.54, 1.807) is 0 Å². The largest absolute Gasteiger partial charge is 0.338 e. The molecule has 0 bridgehead atoms. The molecular formula is C19H26N2O2. The van der Waals surface area contributed by atoms with Gasteiger partial charge in [-0.15, -0.1) is 0 Å². The first-order valence-corrected chi connectivity index (χ1v) is 8.56. The summed E-state index contributed by atoms with van der Waals surface area (Å²) in [4.78, 5) is 28.9. The second-order valence-electron chi connectivity index (χ2n) is 7.16. The third-order valence-corrected chi connectivity index (χ3v) is 5.71. The lowest BCUT2D eigenvalue weighted by Gasteiger charge is -2.50. The molecule has 0 aromatic heterocycles. The molecule has 1 aromatic rings. The number of carbonyl (C=O) groups excluding carboxylic acids is 2. The summed E-state index contributed by atoms with van der Waals surface area (Å²) in [6, 6.07) is 5.91. The Hall–Kier alpha value is -1.84. The van der Waals surface area contributed by atoms with Crippen LogP contribution in [0.2, 0.25) is 0 Å². The van der Waals surface area contributed by atoms with E-state index in [-0.39, 0.29) is 17.4 Å². The summed E-state index contributed by atoms with van der Waals surface area (Å²) in [5.74, 6) is 0.315. The lowest BCUT2D eigenvalue weighted by molar-refractivity contribution is -0.142. The van der Waals surface area contributed by atoms with Crippen LogP contribution < -0.4 is 0 Å². The van der Waals surface area contributed by atoms with Gasteiger partial charge in [0.25, 0.3) is 5.91 Å². The molecule has 2 fully saturated rings. The maximum absolute atomic E-state index is 12.9. The number of hydrogen-bond acceptors (Lipinski definition) is 2. The second-order valence-corrected chi connectivity index (χ2v) is 7.16. The summed E-state index contributed by atoms with van der Waals surface area (Å²) in [5.41, 5.74) is 2.96. The van der Waals surface area contributed by atoms with Gasteiger partial charge in [-0.2, -0.15) is 0 Å². The summed E-state index contributed by atoms with van der Waals surface area (Å²) in [7, 11) is 1.91. The van der Waals surface area contributed by atoms with E-state index in [2.05, 4.69) is 6.92 Å². The Morgan fingerprint density at radius 2 is 1.87 bits per heavy atom. The maximum Gasteiger partial charge on any atom is 0.253 e. The predicted octanol–water partition coefficient (Wildman–Crippen LogP) is 2.92. The Morgan fingerprint density at radius 1 is 1.13 bits per heavy atom. The molecule has 1 aromatic carbocycles. The standard InChI is InChI=1S/C19H26N2O2/c1-14-7-8-16(12-15(14)2)18(23)21-11-5-10-19(13-21)9-4-6-17(22)20(19)3/h7-8,12H,4-6,9-11,13H2,1-3H3. The summed E-state index contributed by atoms with van der Waals surface area (Å²) < 4.78 is 0. The minimum atomic E-state index is -0.150. The molecule has 1 spiro atoms. The molecule has 2 heterocycles. The van der Waals surface area contributed by atoms with Crippen molar-refractivity contribution < 1.29 is 9.59 Å². The molecule has 1 atom stereocenters. The van der Waals surface area contributed by atoms with Gasteiger partial charge in [0.15, 0.2) is 0 Å². The Bertz CT molecular complexity index is 636. The first kappa shape index (κ1) is 16.0. The second kappa shape index (κ2) is 5.99. The number of aryl methyl sites for hydroxylation is 2. The van der Waals surface area contributed by atoms with Gasteiger partial charge >= 0.3 is 0 Å². The van der Waals surface area contributed by atoms with E-state index in [4.69, 9.17) is 0 Å². The number of rotatable bonds is 1. The van der Waals surface area contributed by atoms with E-state index in [0.29, 0.717) is 13.0 Å². The van der Waals surface area contributed by atoms with E-state index in [1.807, 2.05) is 42.0 Å². The van der Waals surface area contributed by atoms with Gasteiger partial charge in [0.05, 0.1) is 5.54 Å². The highest BCUT2D eigenvalue weighted by Crippen LogP contribution is 2.36. The van der Waals surface area contributed by atoms with Crippen LogP contribution in [0.1, 0.15) is 53.6 Å². The molecule has 0 radical (unpaired) electrons. The van der Waals surface area contributed by atoms with Crippen molar-refractivity contribution in [3.8, 4) is 0 Å². The number of likely N-dealkylation sites (tertiary alicyclic amines) is 2. The zero-order valence-electron chi connectivity index (χ0n) is 14.4. The summed E-state index contributed by atoms with van der Waals surface area (Å²) >= 11 is 0. The third kappa shape index (κ3) is 2.87. The molecule has 2 saturated heterocycles. The normalized spacial score (nSPS) is 25.1. The molecule has 2 aliphatic heterocycles. The molecule has 0 saturated carbocycles. The summed E-state index contributed by atoms with van der Waals surface area (Å²) in [6.07, 6.45) is 4.56. The Labute approximate surface area is 138 Å². The van der Waals surface area contributed by atoms with Crippen LogP contribution in [0.4, 0.5) is 0 Å². The molecule has 1 unspecified atom stereocenters. The average Bonchev–Trinajstić information content (AvgIpc) is 2.55. The fourth-order valence-corrected chi connectivity index (χ4v) is 3.99. The van der Waals surface area contributed by atoms with Crippen LogP contribution >= 0.6 is 0 Å². The van der Waals surface area contributed by atoms with Gasteiger partial charge in [-0.05, 0) is 62.8 Å². The fourth-order valence-electron chi connectivity index (χ4n) is 3.99. The number of nitrogens with zero attached hydrogens (tertiary/aromatic N) is 2. The number of piperidine rings is 2. The minimum absolute atomic E-state index is 0.0959.